The van der Waals surface area contributed by atoms with Crippen LogP contribution in [0.25, 0.3) is 0 Å². The number of ether oxygens (including phenoxy) is 2. The molecule has 0 saturated heterocycles. The Morgan fingerprint density at radius 3 is 2.33 bits per heavy atom. The summed E-state index contributed by atoms with van der Waals surface area (Å²) in [7, 11) is -1.04. The molecule has 0 aliphatic heterocycles. The van der Waals surface area contributed by atoms with Crippen molar-refractivity contribution < 1.29 is 27.5 Å². The van der Waals surface area contributed by atoms with E-state index in [1.807, 2.05) is 38.1 Å². The molecule has 1 N–H and O–H groups in total. The van der Waals surface area contributed by atoms with Crippen LogP contribution in [0.15, 0.2) is 46.9 Å². The van der Waals surface area contributed by atoms with Crippen LogP contribution in [-0.2, 0) is 26.2 Å². The van der Waals surface area contributed by atoms with Crippen LogP contribution in [0.4, 0.5) is 5.69 Å². The zero-order chi connectivity index (χ0) is 27.0. The molecule has 2 aromatic carbocycles. The van der Waals surface area contributed by atoms with Gasteiger partial charge >= 0.3 is 0 Å². The van der Waals surface area contributed by atoms with Crippen molar-refractivity contribution in [3.63, 3.8) is 0 Å². The van der Waals surface area contributed by atoms with Crippen LogP contribution in [0.2, 0.25) is 0 Å². The largest absolute Gasteiger partial charge is 0.497 e. The van der Waals surface area contributed by atoms with Crippen LogP contribution >= 0.6 is 15.9 Å². The number of carbonyl (C=O) groups excluding carboxylic acids is 2. The predicted octanol–water partition coefficient (Wildman–Crippen LogP) is 3.56. The van der Waals surface area contributed by atoms with Crippen LogP contribution < -0.4 is 19.1 Å². The molecule has 2 aromatic rings. The molecule has 0 aromatic heterocycles. The molecule has 0 fully saturated rings. The minimum atomic E-state index is -3.91. The lowest BCUT2D eigenvalue weighted by atomic mass is 10.1. The number of hydrogen-bond acceptors (Lipinski definition) is 6. The van der Waals surface area contributed by atoms with Crippen LogP contribution in [0.1, 0.15) is 32.8 Å². The van der Waals surface area contributed by atoms with Crippen LogP contribution in [0, 0.1) is 0 Å². The maximum Gasteiger partial charge on any atom is 0.244 e. The highest BCUT2D eigenvalue weighted by Gasteiger charge is 2.31. The van der Waals surface area contributed by atoms with E-state index in [0.29, 0.717) is 5.75 Å². The molecular weight excluding hydrogens is 550 g/mol. The summed E-state index contributed by atoms with van der Waals surface area (Å²) in [6.07, 6.45) is 1.74. The zero-order valence-electron chi connectivity index (χ0n) is 21.4. The average molecular weight is 585 g/mol. The fraction of sp³-hybridized carbons (Fsp3) is 0.440. The second-order valence-corrected chi connectivity index (χ2v) is 11.3. The van der Waals surface area contributed by atoms with Gasteiger partial charge in [0.25, 0.3) is 0 Å². The topological polar surface area (TPSA) is 105 Å². The van der Waals surface area contributed by atoms with Gasteiger partial charge in [-0.15, -0.1) is 0 Å². The second kappa shape index (κ2) is 13.0. The molecule has 0 saturated carbocycles. The lowest BCUT2D eigenvalue weighted by Gasteiger charge is -2.32. The number of rotatable bonds is 12. The van der Waals surface area contributed by atoms with Crippen molar-refractivity contribution >= 4 is 43.5 Å². The van der Waals surface area contributed by atoms with E-state index >= 15 is 0 Å². The third-order valence-electron chi connectivity index (χ3n) is 5.74. The Morgan fingerprint density at radius 1 is 1.08 bits per heavy atom. The fourth-order valence-electron chi connectivity index (χ4n) is 3.47. The van der Waals surface area contributed by atoms with Gasteiger partial charge < -0.3 is 19.7 Å². The molecule has 198 valence electrons. The van der Waals surface area contributed by atoms with Gasteiger partial charge in [0.05, 0.1) is 26.2 Å². The first-order valence-corrected chi connectivity index (χ1v) is 14.1. The number of hydrogen-bond donors (Lipinski definition) is 1. The van der Waals surface area contributed by atoms with E-state index in [-0.39, 0.29) is 29.9 Å². The molecular formula is C25H34BrN3O6S. The van der Waals surface area contributed by atoms with Crippen molar-refractivity contribution in [2.45, 2.75) is 45.8 Å². The molecule has 0 heterocycles. The fourth-order valence-corrected chi connectivity index (χ4v) is 4.76. The van der Waals surface area contributed by atoms with Crippen molar-refractivity contribution in [3.05, 3.63) is 52.5 Å². The maximum absolute atomic E-state index is 13.7. The minimum Gasteiger partial charge on any atom is -0.497 e. The molecule has 0 bridgehead atoms. The van der Waals surface area contributed by atoms with Gasteiger partial charge in [-0.25, -0.2) is 8.42 Å². The number of sulfonamides is 1. The summed E-state index contributed by atoms with van der Waals surface area (Å²) in [5.41, 5.74) is 0.942. The first-order valence-electron chi connectivity index (χ1n) is 11.4. The normalized spacial score (nSPS) is 12.9. The number of nitrogens with zero attached hydrogens (tertiary/aromatic N) is 2. The number of carbonyl (C=O) groups is 2. The van der Waals surface area contributed by atoms with Gasteiger partial charge in [-0.2, -0.15) is 0 Å². The summed E-state index contributed by atoms with van der Waals surface area (Å²) in [5, 5.41) is 2.90. The van der Waals surface area contributed by atoms with Gasteiger partial charge in [-0.05, 0) is 50.1 Å². The minimum absolute atomic E-state index is 0.0728. The lowest BCUT2D eigenvalue weighted by molar-refractivity contribution is -0.139. The highest BCUT2D eigenvalue weighted by molar-refractivity contribution is 9.10. The Hall–Kier alpha value is -2.79. The molecule has 2 amide bonds. The third kappa shape index (κ3) is 7.86. The van der Waals surface area contributed by atoms with E-state index in [9.17, 15) is 18.0 Å². The monoisotopic (exact) mass is 583 g/mol. The van der Waals surface area contributed by atoms with Crippen molar-refractivity contribution in [2.24, 2.45) is 0 Å². The molecule has 0 aliphatic carbocycles. The highest BCUT2D eigenvalue weighted by atomic mass is 79.9. The summed E-state index contributed by atoms with van der Waals surface area (Å²) in [5.74, 6) is -0.205. The van der Waals surface area contributed by atoms with E-state index in [2.05, 4.69) is 21.2 Å². The zero-order valence-corrected chi connectivity index (χ0v) is 23.9. The quantitative estimate of drug-likeness (QED) is 0.409. The van der Waals surface area contributed by atoms with E-state index in [1.165, 1.54) is 25.2 Å². The third-order valence-corrected chi connectivity index (χ3v) is 7.36. The van der Waals surface area contributed by atoms with Crippen LogP contribution in [0.3, 0.4) is 0 Å². The molecule has 0 unspecified atom stereocenters. The molecule has 9 nitrogen and oxygen atoms in total. The summed E-state index contributed by atoms with van der Waals surface area (Å²) in [6, 6.07) is 11.1. The van der Waals surface area contributed by atoms with Crippen molar-refractivity contribution in [1.82, 2.24) is 10.2 Å². The lowest BCUT2D eigenvalue weighted by Crippen LogP contribution is -2.52. The number of amides is 2. The van der Waals surface area contributed by atoms with Gasteiger partial charge in [-0.1, -0.05) is 35.0 Å². The molecule has 0 radical (unpaired) electrons. The van der Waals surface area contributed by atoms with E-state index in [4.69, 9.17) is 9.47 Å². The Balaban J connectivity index is 2.48. The number of halogens is 1. The van der Waals surface area contributed by atoms with Crippen molar-refractivity contribution in [1.29, 1.82) is 0 Å². The Labute approximate surface area is 221 Å². The standard InChI is InChI=1S/C25H34BrN3O6S/c1-7-17(2)27-25(31)18(3)28(15-19-9-8-10-20(26)13-19)24(30)16-29(36(6,32)33)22-14-21(34-4)11-12-23(22)35-5/h8-14,17-18H,7,15-16H2,1-6H3,(H,27,31)/t17-,18-/m0/s1. The summed E-state index contributed by atoms with van der Waals surface area (Å²) < 4.78 is 38.0. The average Bonchev–Trinajstić information content (AvgIpc) is 2.84. The molecule has 0 aliphatic rings. The SMILES string of the molecule is CC[C@H](C)NC(=O)[C@H](C)N(Cc1cccc(Br)c1)C(=O)CN(c1cc(OC)ccc1OC)S(C)(=O)=O. The molecule has 2 atom stereocenters. The maximum atomic E-state index is 13.7. The van der Waals surface area contributed by atoms with Crippen molar-refractivity contribution in [2.75, 3.05) is 31.3 Å². The van der Waals surface area contributed by atoms with Gasteiger partial charge in [0.2, 0.25) is 21.8 Å². The van der Waals surface area contributed by atoms with E-state index in [0.717, 1.165) is 27.0 Å². The van der Waals surface area contributed by atoms with Crippen LogP contribution in [-0.4, -0.2) is 64.2 Å². The van der Waals surface area contributed by atoms with E-state index in [1.54, 1.807) is 19.1 Å². The first kappa shape index (κ1) is 29.4. The Kier molecular flexibility index (Phi) is 10.6. The number of anilines is 1. The van der Waals surface area contributed by atoms with Gasteiger partial charge in [0, 0.05) is 23.1 Å². The van der Waals surface area contributed by atoms with E-state index < -0.39 is 28.5 Å². The Morgan fingerprint density at radius 2 is 1.78 bits per heavy atom. The molecule has 0 spiro atoms. The summed E-state index contributed by atoms with van der Waals surface area (Å²) >= 11 is 3.43. The smallest absolute Gasteiger partial charge is 0.244 e. The van der Waals surface area contributed by atoms with Gasteiger partial charge in [0.15, 0.2) is 0 Å². The highest BCUT2D eigenvalue weighted by Crippen LogP contribution is 2.34. The Bertz CT molecular complexity index is 1170. The first-order chi connectivity index (χ1) is 16.9. The number of methoxy groups -OCH3 is 2. The number of nitrogens with one attached hydrogen (secondary N) is 1. The predicted molar refractivity (Wildman–Crippen MR) is 144 cm³/mol. The van der Waals surface area contributed by atoms with Crippen LogP contribution in [0.5, 0.6) is 11.5 Å². The summed E-state index contributed by atoms with van der Waals surface area (Å²) in [6.45, 7) is 5.04. The van der Waals surface area contributed by atoms with Crippen molar-refractivity contribution in [3.8, 4) is 11.5 Å². The number of benzene rings is 2. The molecule has 2 rings (SSSR count). The van der Waals surface area contributed by atoms with Gasteiger partial charge in [0.1, 0.15) is 24.1 Å². The summed E-state index contributed by atoms with van der Waals surface area (Å²) in [4.78, 5) is 28.0. The second-order valence-electron chi connectivity index (χ2n) is 8.45. The van der Waals surface area contributed by atoms with Gasteiger partial charge in [-0.3, -0.25) is 13.9 Å². The molecule has 36 heavy (non-hydrogen) atoms. The molecule has 11 heteroatoms.